The molecule has 1 amide bonds. The van der Waals surface area contributed by atoms with Crippen LogP contribution in [-0.4, -0.2) is 30.3 Å². The molecular weight excluding hydrogens is 362 g/mol. The first-order valence-corrected chi connectivity index (χ1v) is 9.37. The van der Waals surface area contributed by atoms with Gasteiger partial charge in [-0.1, -0.05) is 18.9 Å². The highest BCUT2D eigenvalue weighted by Gasteiger charge is 2.25. The van der Waals surface area contributed by atoms with Crippen LogP contribution in [0.1, 0.15) is 38.2 Å². The number of nitrogens with zero attached hydrogens (tertiary/aromatic N) is 1. The van der Waals surface area contributed by atoms with Crippen molar-refractivity contribution in [3.05, 3.63) is 28.7 Å². The molecule has 0 aromatic heterocycles. The van der Waals surface area contributed by atoms with E-state index >= 15 is 0 Å². The number of benzene rings is 1. The van der Waals surface area contributed by atoms with E-state index in [0.29, 0.717) is 22.2 Å². The molecule has 0 bridgehead atoms. The predicted octanol–water partition coefficient (Wildman–Crippen LogP) is 4.19. The number of rotatable bonds is 6. The quantitative estimate of drug-likeness (QED) is 0.750. The van der Waals surface area contributed by atoms with Gasteiger partial charge in [-0.3, -0.25) is 9.79 Å². The first-order chi connectivity index (χ1) is 12.5. The summed E-state index contributed by atoms with van der Waals surface area (Å²) in [6, 6.07) is 4.88. The number of carbonyl (C=O) groups is 1. The number of hydrogen-bond donors (Lipinski definition) is 1. The van der Waals surface area contributed by atoms with Gasteiger partial charge in [-0.25, -0.2) is 0 Å². The summed E-state index contributed by atoms with van der Waals surface area (Å²) in [4.78, 5) is 17.2. The van der Waals surface area contributed by atoms with Gasteiger partial charge < -0.3 is 14.8 Å². The maximum Gasteiger partial charge on any atom is 0.387 e. The van der Waals surface area contributed by atoms with Crippen molar-refractivity contribution in [2.24, 2.45) is 4.99 Å². The monoisotopic (exact) mass is 382 g/mol. The Hall–Kier alpha value is -2.09. The van der Waals surface area contributed by atoms with E-state index in [-0.39, 0.29) is 23.4 Å². The first kappa shape index (κ1) is 18.7. The summed E-state index contributed by atoms with van der Waals surface area (Å²) in [6.45, 7) is -0.861. The summed E-state index contributed by atoms with van der Waals surface area (Å²) in [5.74, 6) is -0.0287. The normalized spacial score (nSPS) is 21.0. The second-order valence-corrected chi connectivity index (χ2v) is 6.99. The molecule has 0 radical (unpaired) electrons. The summed E-state index contributed by atoms with van der Waals surface area (Å²) < 4.78 is 34.8. The highest BCUT2D eigenvalue weighted by molar-refractivity contribution is 8.18. The Bertz CT molecular complexity index is 731. The maximum atomic E-state index is 12.5. The van der Waals surface area contributed by atoms with Crippen LogP contribution in [-0.2, 0) is 4.79 Å². The van der Waals surface area contributed by atoms with Gasteiger partial charge in [-0.2, -0.15) is 8.78 Å². The lowest BCUT2D eigenvalue weighted by molar-refractivity contribution is -0.115. The Labute approximate surface area is 154 Å². The van der Waals surface area contributed by atoms with E-state index in [2.05, 4.69) is 15.0 Å². The zero-order chi connectivity index (χ0) is 18.5. The molecule has 0 spiro atoms. The van der Waals surface area contributed by atoms with Gasteiger partial charge >= 0.3 is 6.61 Å². The van der Waals surface area contributed by atoms with Crippen LogP contribution >= 0.6 is 11.8 Å². The molecule has 1 aliphatic heterocycles. The Morgan fingerprint density at radius 2 is 2.12 bits per heavy atom. The topological polar surface area (TPSA) is 59.9 Å². The zero-order valence-electron chi connectivity index (χ0n) is 14.3. The molecular formula is C18H20F2N2O3S. The number of carbonyl (C=O) groups excluding carboxylic acids is 1. The molecule has 140 valence electrons. The molecule has 1 heterocycles. The number of ether oxygens (including phenoxy) is 2. The van der Waals surface area contributed by atoms with Crippen LogP contribution in [0, 0.1) is 0 Å². The number of alkyl halides is 2. The molecule has 2 aliphatic rings. The van der Waals surface area contributed by atoms with Gasteiger partial charge in [0, 0.05) is 0 Å². The molecule has 1 aromatic carbocycles. The highest BCUT2D eigenvalue weighted by Crippen LogP contribution is 2.33. The summed E-state index contributed by atoms with van der Waals surface area (Å²) in [7, 11) is 0. The van der Waals surface area contributed by atoms with Gasteiger partial charge in [0.15, 0.2) is 16.7 Å². The number of amidine groups is 1. The fourth-order valence-electron chi connectivity index (χ4n) is 2.92. The largest absolute Gasteiger partial charge is 0.490 e. The van der Waals surface area contributed by atoms with Crippen molar-refractivity contribution in [3.8, 4) is 11.5 Å². The third-order valence-corrected chi connectivity index (χ3v) is 4.98. The molecule has 1 aromatic rings. The molecule has 1 saturated carbocycles. The third-order valence-electron chi connectivity index (χ3n) is 4.06. The number of aliphatic imine (C=N–C) groups is 1. The van der Waals surface area contributed by atoms with Gasteiger partial charge in [-0.15, -0.1) is 0 Å². The first-order valence-electron chi connectivity index (χ1n) is 8.55. The van der Waals surface area contributed by atoms with Crippen LogP contribution in [0.5, 0.6) is 11.5 Å². The standard InChI is InChI=1S/C18H20F2N2O3S/c1-2-24-14-9-11(7-8-13(14)25-17(19)20)10-15-16(23)22-18(26-15)21-12-5-3-4-6-12/h7-10,12,17H,2-6H2,1H3,(H,21,22,23). The minimum Gasteiger partial charge on any atom is -0.490 e. The van der Waals surface area contributed by atoms with E-state index in [9.17, 15) is 13.6 Å². The average Bonchev–Trinajstić information content (AvgIpc) is 3.20. The van der Waals surface area contributed by atoms with Crippen molar-refractivity contribution in [2.75, 3.05) is 6.61 Å². The summed E-state index contributed by atoms with van der Waals surface area (Å²) in [6.07, 6.45) is 6.16. The number of thioether (sulfide) groups is 1. The number of nitrogens with one attached hydrogen (secondary N) is 1. The van der Waals surface area contributed by atoms with Crippen LogP contribution in [0.2, 0.25) is 0 Å². The van der Waals surface area contributed by atoms with E-state index in [0.717, 1.165) is 12.8 Å². The minimum atomic E-state index is -2.93. The lowest BCUT2D eigenvalue weighted by atomic mass is 10.2. The van der Waals surface area contributed by atoms with Gasteiger partial charge in [-0.05, 0) is 55.3 Å². The molecule has 26 heavy (non-hydrogen) atoms. The van der Waals surface area contributed by atoms with Crippen molar-refractivity contribution in [3.63, 3.8) is 0 Å². The van der Waals surface area contributed by atoms with Crippen LogP contribution < -0.4 is 14.8 Å². The maximum absolute atomic E-state index is 12.5. The van der Waals surface area contributed by atoms with Crippen LogP contribution in [0.15, 0.2) is 28.1 Å². The van der Waals surface area contributed by atoms with Crippen LogP contribution in [0.25, 0.3) is 6.08 Å². The Morgan fingerprint density at radius 3 is 2.81 bits per heavy atom. The van der Waals surface area contributed by atoms with Crippen LogP contribution in [0.4, 0.5) is 8.78 Å². The van der Waals surface area contributed by atoms with Crippen molar-refractivity contribution in [1.82, 2.24) is 5.32 Å². The smallest absolute Gasteiger partial charge is 0.387 e. The van der Waals surface area contributed by atoms with E-state index in [1.54, 1.807) is 25.1 Å². The molecule has 3 rings (SSSR count). The fraction of sp³-hybridized carbons (Fsp3) is 0.444. The SMILES string of the molecule is CCOc1cc(C=C2SC(=NC3CCCC3)NC2=O)ccc1OC(F)F. The second-order valence-electron chi connectivity index (χ2n) is 5.95. The van der Waals surface area contributed by atoms with Gasteiger partial charge in [0.25, 0.3) is 5.91 Å². The Kier molecular flexibility index (Phi) is 6.13. The summed E-state index contributed by atoms with van der Waals surface area (Å²) in [5, 5.41) is 3.40. The van der Waals surface area contributed by atoms with Crippen molar-refractivity contribution < 1.29 is 23.0 Å². The highest BCUT2D eigenvalue weighted by atomic mass is 32.2. The molecule has 1 saturated heterocycles. The second kappa shape index (κ2) is 8.53. The minimum absolute atomic E-state index is 0.0315. The van der Waals surface area contributed by atoms with Crippen molar-refractivity contribution in [2.45, 2.75) is 45.3 Å². The predicted molar refractivity (Wildman–Crippen MR) is 97.6 cm³/mol. The molecule has 0 atom stereocenters. The summed E-state index contributed by atoms with van der Waals surface area (Å²) >= 11 is 1.29. The Balaban J connectivity index is 1.78. The molecule has 1 aliphatic carbocycles. The van der Waals surface area contributed by atoms with Crippen LogP contribution in [0.3, 0.4) is 0 Å². The zero-order valence-corrected chi connectivity index (χ0v) is 15.2. The number of amides is 1. The van der Waals surface area contributed by atoms with Gasteiger partial charge in [0.1, 0.15) is 0 Å². The lowest BCUT2D eigenvalue weighted by Gasteiger charge is -2.11. The van der Waals surface area contributed by atoms with Crippen molar-refractivity contribution >= 4 is 28.9 Å². The van der Waals surface area contributed by atoms with Crippen molar-refractivity contribution in [1.29, 1.82) is 0 Å². The Morgan fingerprint density at radius 1 is 1.35 bits per heavy atom. The lowest BCUT2D eigenvalue weighted by Crippen LogP contribution is -2.21. The van der Waals surface area contributed by atoms with E-state index in [1.807, 2.05) is 0 Å². The molecule has 1 N–H and O–H groups in total. The summed E-state index contributed by atoms with van der Waals surface area (Å²) in [5.41, 5.74) is 0.662. The van der Waals surface area contributed by atoms with E-state index in [4.69, 9.17) is 4.74 Å². The average molecular weight is 382 g/mol. The number of halogens is 2. The molecule has 2 fully saturated rings. The molecule has 5 nitrogen and oxygen atoms in total. The molecule has 0 unspecified atom stereocenters. The molecule has 8 heteroatoms. The number of hydrogen-bond acceptors (Lipinski definition) is 5. The van der Waals surface area contributed by atoms with Gasteiger partial charge in [0.05, 0.1) is 17.6 Å². The van der Waals surface area contributed by atoms with E-state index in [1.165, 1.54) is 30.7 Å². The van der Waals surface area contributed by atoms with E-state index < -0.39 is 6.61 Å². The fourth-order valence-corrected chi connectivity index (χ4v) is 3.81. The van der Waals surface area contributed by atoms with Gasteiger partial charge in [0.2, 0.25) is 0 Å². The third kappa shape index (κ3) is 4.75.